The Balaban J connectivity index is 2.94. The van der Waals surface area contributed by atoms with E-state index in [9.17, 15) is 0 Å². The minimum absolute atomic E-state index is 0.815. The van der Waals surface area contributed by atoms with Crippen molar-refractivity contribution in [3.63, 3.8) is 0 Å². The lowest BCUT2D eigenvalue weighted by molar-refractivity contribution is 1.43. The third-order valence-corrected chi connectivity index (χ3v) is 1.95. The average molecular weight is 141 g/mol. The van der Waals surface area contributed by atoms with E-state index in [1.807, 2.05) is 18.3 Å². The quantitative estimate of drug-likeness (QED) is 0.531. The summed E-state index contributed by atoms with van der Waals surface area (Å²) in [5, 5.41) is 1.21. The van der Waals surface area contributed by atoms with Crippen molar-refractivity contribution < 1.29 is 0 Å². The van der Waals surface area contributed by atoms with Crippen LogP contribution < -0.4 is 5.46 Å². The van der Waals surface area contributed by atoms with E-state index in [2.05, 4.69) is 18.0 Å². The highest BCUT2D eigenvalue weighted by atomic mass is 14.7. The number of fused-ring (bicyclic) bond motifs is 1. The fourth-order valence-electron chi connectivity index (χ4n) is 1.32. The summed E-state index contributed by atoms with van der Waals surface area (Å²) in [6.45, 7) is 2.07. The van der Waals surface area contributed by atoms with E-state index in [4.69, 9.17) is 7.85 Å². The molecule has 1 aromatic heterocycles. The van der Waals surface area contributed by atoms with Gasteiger partial charge in [-0.2, -0.15) is 0 Å². The SMILES string of the molecule is [B]c1cccc2c(C)c[nH]c12. The molecule has 0 spiro atoms. The summed E-state index contributed by atoms with van der Waals surface area (Å²) >= 11 is 0. The number of para-hydroxylation sites is 1. The van der Waals surface area contributed by atoms with E-state index < -0.39 is 0 Å². The third-order valence-electron chi connectivity index (χ3n) is 1.95. The van der Waals surface area contributed by atoms with Gasteiger partial charge in [0.2, 0.25) is 0 Å². The maximum Gasteiger partial charge on any atom is 0.116 e. The molecule has 1 aromatic carbocycles. The van der Waals surface area contributed by atoms with Crippen LogP contribution in [0.25, 0.3) is 10.9 Å². The number of hydrogen-bond donors (Lipinski definition) is 1. The third kappa shape index (κ3) is 0.863. The minimum Gasteiger partial charge on any atom is -0.361 e. The van der Waals surface area contributed by atoms with Crippen LogP contribution in [0.4, 0.5) is 0 Å². The van der Waals surface area contributed by atoms with Gasteiger partial charge >= 0.3 is 0 Å². The summed E-state index contributed by atoms with van der Waals surface area (Å²) in [6.07, 6.45) is 1.97. The molecule has 0 aliphatic rings. The number of aromatic nitrogens is 1. The molecule has 0 saturated heterocycles. The maximum atomic E-state index is 5.74. The fraction of sp³-hybridized carbons (Fsp3) is 0.111. The maximum absolute atomic E-state index is 5.74. The molecule has 2 heteroatoms. The predicted molar refractivity (Wildman–Crippen MR) is 48.4 cm³/mol. The molecule has 0 saturated carbocycles. The van der Waals surface area contributed by atoms with Crippen LogP contribution in [0, 0.1) is 6.92 Å². The van der Waals surface area contributed by atoms with E-state index in [1.165, 1.54) is 10.9 Å². The Morgan fingerprint density at radius 2 is 2.18 bits per heavy atom. The zero-order valence-corrected chi connectivity index (χ0v) is 6.39. The second-order valence-corrected chi connectivity index (χ2v) is 2.74. The summed E-state index contributed by atoms with van der Waals surface area (Å²) < 4.78 is 0. The summed E-state index contributed by atoms with van der Waals surface area (Å²) in [5.74, 6) is 0. The first-order valence-corrected chi connectivity index (χ1v) is 3.61. The topological polar surface area (TPSA) is 15.8 Å². The van der Waals surface area contributed by atoms with Crippen molar-refractivity contribution in [2.75, 3.05) is 0 Å². The number of rotatable bonds is 0. The molecule has 0 unspecified atom stereocenters. The lowest BCUT2D eigenvalue weighted by Crippen LogP contribution is -2.01. The van der Waals surface area contributed by atoms with E-state index in [-0.39, 0.29) is 0 Å². The highest BCUT2D eigenvalue weighted by Gasteiger charge is 1.98. The van der Waals surface area contributed by atoms with Gasteiger partial charge in [-0.1, -0.05) is 23.7 Å². The van der Waals surface area contributed by atoms with Crippen LogP contribution in [0.3, 0.4) is 0 Å². The first-order chi connectivity index (χ1) is 5.29. The molecule has 0 atom stereocenters. The molecule has 0 aliphatic heterocycles. The Labute approximate surface area is 66.8 Å². The first kappa shape index (κ1) is 6.53. The Morgan fingerprint density at radius 1 is 1.36 bits per heavy atom. The second-order valence-electron chi connectivity index (χ2n) is 2.74. The van der Waals surface area contributed by atoms with Crippen molar-refractivity contribution in [1.82, 2.24) is 4.98 Å². The molecule has 1 heterocycles. The summed E-state index contributed by atoms with van der Waals surface area (Å²) in [4.78, 5) is 3.13. The van der Waals surface area contributed by atoms with Crippen LogP contribution in [0.15, 0.2) is 24.4 Å². The van der Waals surface area contributed by atoms with E-state index in [0.29, 0.717) is 0 Å². The lowest BCUT2D eigenvalue weighted by Gasteiger charge is -1.94. The van der Waals surface area contributed by atoms with Gasteiger partial charge < -0.3 is 4.98 Å². The van der Waals surface area contributed by atoms with Crippen molar-refractivity contribution in [2.45, 2.75) is 6.92 Å². The number of aromatic amines is 1. The zero-order valence-electron chi connectivity index (χ0n) is 6.39. The van der Waals surface area contributed by atoms with E-state index in [0.717, 1.165) is 11.0 Å². The van der Waals surface area contributed by atoms with E-state index >= 15 is 0 Å². The molecule has 2 radical (unpaired) electrons. The molecular weight excluding hydrogens is 133 g/mol. The molecule has 0 fully saturated rings. The second kappa shape index (κ2) is 2.16. The average Bonchev–Trinajstić information content (AvgIpc) is 2.35. The van der Waals surface area contributed by atoms with Crippen LogP contribution in [0.1, 0.15) is 5.56 Å². The highest BCUT2D eigenvalue weighted by Crippen LogP contribution is 2.13. The molecule has 2 aromatic rings. The molecule has 0 amide bonds. The molecule has 52 valence electrons. The summed E-state index contributed by atoms with van der Waals surface area (Å²) in [6, 6.07) is 5.94. The lowest BCUT2D eigenvalue weighted by atomic mass is 9.93. The van der Waals surface area contributed by atoms with Crippen LogP contribution in [0.5, 0.6) is 0 Å². The minimum atomic E-state index is 0.815. The highest BCUT2D eigenvalue weighted by molar-refractivity contribution is 6.38. The first-order valence-electron chi connectivity index (χ1n) is 3.61. The smallest absolute Gasteiger partial charge is 0.116 e. The normalized spacial score (nSPS) is 10.6. The molecular formula is C9H8BN. The van der Waals surface area contributed by atoms with Crippen molar-refractivity contribution >= 4 is 24.2 Å². The van der Waals surface area contributed by atoms with Gasteiger partial charge in [-0.05, 0) is 12.5 Å². The number of hydrogen-bond acceptors (Lipinski definition) is 0. The van der Waals surface area contributed by atoms with Gasteiger partial charge in [0.05, 0.1) is 0 Å². The van der Waals surface area contributed by atoms with Gasteiger partial charge in [0.25, 0.3) is 0 Å². The van der Waals surface area contributed by atoms with Crippen LogP contribution >= 0.6 is 0 Å². The van der Waals surface area contributed by atoms with Crippen molar-refractivity contribution in [3.05, 3.63) is 30.0 Å². The van der Waals surface area contributed by atoms with Crippen LogP contribution in [-0.2, 0) is 0 Å². The largest absolute Gasteiger partial charge is 0.361 e. The summed E-state index contributed by atoms with van der Waals surface area (Å²) in [5.41, 5.74) is 3.10. The Hall–Kier alpha value is -1.18. The van der Waals surface area contributed by atoms with Gasteiger partial charge in [0.15, 0.2) is 0 Å². The molecule has 1 nitrogen and oxygen atoms in total. The Morgan fingerprint density at radius 3 is 2.91 bits per heavy atom. The van der Waals surface area contributed by atoms with Gasteiger partial charge in [-0.25, -0.2) is 0 Å². The fourth-order valence-corrected chi connectivity index (χ4v) is 1.32. The van der Waals surface area contributed by atoms with Gasteiger partial charge in [0.1, 0.15) is 7.85 Å². The molecule has 2 rings (SSSR count). The van der Waals surface area contributed by atoms with E-state index in [1.54, 1.807) is 0 Å². The molecule has 0 aliphatic carbocycles. The zero-order chi connectivity index (χ0) is 7.84. The van der Waals surface area contributed by atoms with Crippen LogP contribution in [0.2, 0.25) is 0 Å². The molecule has 11 heavy (non-hydrogen) atoms. The monoisotopic (exact) mass is 141 g/mol. The standard InChI is InChI=1S/C9H8BN/c1-6-5-11-9-7(6)3-2-4-8(9)10/h2-5,11H,1H3. The van der Waals surface area contributed by atoms with Gasteiger partial charge in [-0.15, -0.1) is 0 Å². The number of H-pyrrole nitrogens is 1. The van der Waals surface area contributed by atoms with Gasteiger partial charge in [0, 0.05) is 17.1 Å². The number of nitrogens with one attached hydrogen (secondary N) is 1. The number of benzene rings is 1. The predicted octanol–water partition coefficient (Wildman–Crippen LogP) is 1.27. The van der Waals surface area contributed by atoms with Crippen molar-refractivity contribution in [1.29, 1.82) is 0 Å². The summed E-state index contributed by atoms with van der Waals surface area (Å²) in [7, 11) is 5.74. The van der Waals surface area contributed by atoms with Crippen molar-refractivity contribution in [3.8, 4) is 0 Å². The molecule has 0 bridgehead atoms. The van der Waals surface area contributed by atoms with Gasteiger partial charge in [-0.3, -0.25) is 0 Å². The Bertz CT molecular complexity index is 389. The Kier molecular flexibility index (Phi) is 1.28. The number of aryl methyl sites for hydroxylation is 1. The van der Waals surface area contributed by atoms with Crippen LogP contribution in [-0.4, -0.2) is 12.8 Å². The van der Waals surface area contributed by atoms with Crippen molar-refractivity contribution in [2.24, 2.45) is 0 Å². The molecule has 1 N–H and O–H groups in total.